The third-order valence-corrected chi connectivity index (χ3v) is 6.30. The molecule has 0 bridgehead atoms. The number of hydrogen-bond donors (Lipinski definition) is 1. The molecule has 2 aromatic rings. The summed E-state index contributed by atoms with van der Waals surface area (Å²) >= 11 is 0. The van der Waals surface area contributed by atoms with E-state index in [1.54, 1.807) is 12.1 Å². The molecule has 0 saturated carbocycles. The summed E-state index contributed by atoms with van der Waals surface area (Å²) in [5.74, 6) is 0.102. The molecule has 5 nitrogen and oxygen atoms in total. The summed E-state index contributed by atoms with van der Waals surface area (Å²) in [4.78, 5) is 22.8. The van der Waals surface area contributed by atoms with Crippen LogP contribution in [0, 0.1) is 17.3 Å². The fraction of sp³-hybridized carbons (Fsp3) is 0.417. The van der Waals surface area contributed by atoms with Crippen LogP contribution >= 0.6 is 0 Å². The molecule has 0 unspecified atom stereocenters. The predicted molar refractivity (Wildman–Crippen MR) is 113 cm³/mol. The van der Waals surface area contributed by atoms with Gasteiger partial charge in [0, 0.05) is 29.9 Å². The molecule has 5 heteroatoms. The quantitative estimate of drug-likeness (QED) is 0.514. The predicted octanol–water partition coefficient (Wildman–Crippen LogP) is 5.20. The molecular weight excluding hydrogens is 368 g/mol. The summed E-state index contributed by atoms with van der Waals surface area (Å²) in [7, 11) is 0. The maximum atomic E-state index is 11.5. The number of hydrogen-bond acceptors (Lipinski definition) is 4. The summed E-state index contributed by atoms with van der Waals surface area (Å²) in [5, 5.41) is 10.1. The molecule has 0 aliphatic heterocycles. The maximum Gasteiger partial charge on any atom is 0.336 e. The summed E-state index contributed by atoms with van der Waals surface area (Å²) in [6.45, 7) is 10.8. The first kappa shape index (κ1) is 20.9. The Hall–Kier alpha value is -2.82. The number of aliphatic carboxylic acids is 1. The van der Waals surface area contributed by atoms with Crippen molar-refractivity contribution in [2.24, 2.45) is 17.3 Å². The van der Waals surface area contributed by atoms with Gasteiger partial charge in [-0.15, -0.1) is 0 Å². The van der Waals surface area contributed by atoms with E-state index in [0.717, 1.165) is 17.4 Å². The first-order chi connectivity index (χ1) is 13.7. The second-order valence-corrected chi connectivity index (χ2v) is 8.30. The van der Waals surface area contributed by atoms with Crippen LogP contribution in [0.15, 0.2) is 63.3 Å². The molecule has 1 aromatic carbocycles. The number of ether oxygens (including phenoxy) is 1. The molecule has 0 saturated heterocycles. The molecule has 0 amide bonds. The monoisotopic (exact) mass is 396 g/mol. The number of carboxylic acids is 1. The van der Waals surface area contributed by atoms with E-state index in [2.05, 4.69) is 26.5 Å². The van der Waals surface area contributed by atoms with E-state index in [0.29, 0.717) is 24.4 Å². The van der Waals surface area contributed by atoms with Crippen molar-refractivity contribution in [3.05, 3.63) is 64.6 Å². The van der Waals surface area contributed by atoms with E-state index in [4.69, 9.17) is 9.15 Å². The molecule has 0 radical (unpaired) electrons. The minimum absolute atomic E-state index is 0.0655. The Morgan fingerprint density at radius 2 is 2.07 bits per heavy atom. The highest BCUT2D eigenvalue weighted by molar-refractivity contribution is 5.77. The summed E-state index contributed by atoms with van der Waals surface area (Å²) < 4.78 is 11.4. The third kappa shape index (κ3) is 4.44. The van der Waals surface area contributed by atoms with E-state index in [9.17, 15) is 14.7 Å². The van der Waals surface area contributed by atoms with Gasteiger partial charge in [-0.3, -0.25) is 4.79 Å². The molecule has 29 heavy (non-hydrogen) atoms. The molecule has 1 aromatic heterocycles. The zero-order chi connectivity index (χ0) is 21.2. The van der Waals surface area contributed by atoms with Gasteiger partial charge in [0.15, 0.2) is 0 Å². The fourth-order valence-electron chi connectivity index (χ4n) is 4.60. The van der Waals surface area contributed by atoms with Crippen LogP contribution in [-0.2, 0) is 4.79 Å². The van der Waals surface area contributed by atoms with Crippen molar-refractivity contribution < 1.29 is 19.1 Å². The standard InChI is InChI=1S/C24H28O5/c1-15(2)19-9-5-16(3)20(24(19,4)12-11-22(25)26)14-28-18-8-6-17-7-10-23(27)29-21(17)13-18/h5-8,10,13,19-20H,1,9,11-12,14H2,2-4H3,(H,25,26)/t19-,20-,24-/m0/s1. The van der Waals surface area contributed by atoms with Crippen molar-refractivity contribution in [3.63, 3.8) is 0 Å². The Kier molecular flexibility index (Phi) is 5.96. The highest BCUT2D eigenvalue weighted by Crippen LogP contribution is 2.51. The fourth-order valence-corrected chi connectivity index (χ4v) is 4.60. The normalized spacial score (nSPS) is 24.2. The van der Waals surface area contributed by atoms with Crippen molar-refractivity contribution in [2.75, 3.05) is 6.61 Å². The van der Waals surface area contributed by atoms with Gasteiger partial charge >= 0.3 is 11.6 Å². The first-order valence-electron chi connectivity index (χ1n) is 9.91. The van der Waals surface area contributed by atoms with Crippen molar-refractivity contribution in [1.29, 1.82) is 0 Å². The minimum Gasteiger partial charge on any atom is -0.493 e. The average molecular weight is 396 g/mol. The Labute approximate surface area is 170 Å². The van der Waals surface area contributed by atoms with E-state index in [1.807, 2.05) is 19.1 Å². The summed E-state index contributed by atoms with van der Waals surface area (Å²) in [6, 6.07) is 8.56. The van der Waals surface area contributed by atoms with Gasteiger partial charge in [-0.25, -0.2) is 4.79 Å². The lowest BCUT2D eigenvalue weighted by Crippen LogP contribution is -2.42. The van der Waals surface area contributed by atoms with Gasteiger partial charge in [-0.05, 0) is 56.2 Å². The smallest absolute Gasteiger partial charge is 0.336 e. The van der Waals surface area contributed by atoms with Gasteiger partial charge in [0.1, 0.15) is 11.3 Å². The van der Waals surface area contributed by atoms with Crippen LogP contribution in [0.3, 0.4) is 0 Å². The highest BCUT2D eigenvalue weighted by atomic mass is 16.5. The first-order valence-corrected chi connectivity index (χ1v) is 9.91. The lowest BCUT2D eigenvalue weighted by Gasteiger charge is -2.47. The molecule has 1 aliphatic rings. The Bertz CT molecular complexity index is 1020. The van der Waals surface area contributed by atoms with Crippen LogP contribution in [0.4, 0.5) is 0 Å². The van der Waals surface area contributed by atoms with Gasteiger partial charge in [0.2, 0.25) is 0 Å². The second kappa shape index (κ2) is 8.27. The van der Waals surface area contributed by atoms with Crippen molar-refractivity contribution in [3.8, 4) is 5.75 Å². The van der Waals surface area contributed by atoms with Crippen LogP contribution in [0.5, 0.6) is 5.75 Å². The number of allylic oxidation sites excluding steroid dienone is 2. The molecule has 3 rings (SSSR count). The topological polar surface area (TPSA) is 76.7 Å². The zero-order valence-corrected chi connectivity index (χ0v) is 17.2. The molecule has 0 fully saturated rings. The Morgan fingerprint density at radius 3 is 2.76 bits per heavy atom. The van der Waals surface area contributed by atoms with Gasteiger partial charge in [0.25, 0.3) is 0 Å². The third-order valence-electron chi connectivity index (χ3n) is 6.30. The molecule has 3 atom stereocenters. The Morgan fingerprint density at radius 1 is 1.34 bits per heavy atom. The molecule has 154 valence electrons. The molecule has 1 N–H and O–H groups in total. The molecule has 1 aliphatic carbocycles. The summed E-state index contributed by atoms with van der Waals surface area (Å²) in [5.41, 5.74) is 2.11. The average Bonchev–Trinajstić information content (AvgIpc) is 2.65. The SMILES string of the molecule is C=C(C)[C@@H]1CC=C(C)[C@H](COc2ccc3ccc(=O)oc3c2)[C@@]1(C)CCC(=O)O. The van der Waals surface area contributed by atoms with E-state index in [1.165, 1.54) is 11.6 Å². The zero-order valence-electron chi connectivity index (χ0n) is 17.2. The molecule has 1 heterocycles. The molecule has 0 spiro atoms. The van der Waals surface area contributed by atoms with Gasteiger partial charge in [-0.1, -0.05) is 30.7 Å². The second-order valence-electron chi connectivity index (χ2n) is 8.30. The van der Waals surface area contributed by atoms with Gasteiger partial charge < -0.3 is 14.3 Å². The van der Waals surface area contributed by atoms with Crippen molar-refractivity contribution >= 4 is 16.9 Å². The highest BCUT2D eigenvalue weighted by Gasteiger charge is 2.44. The number of benzene rings is 1. The lowest BCUT2D eigenvalue weighted by molar-refractivity contribution is -0.138. The van der Waals surface area contributed by atoms with E-state index >= 15 is 0 Å². The Balaban J connectivity index is 1.86. The van der Waals surface area contributed by atoms with Crippen LogP contribution in [0.2, 0.25) is 0 Å². The van der Waals surface area contributed by atoms with Gasteiger partial charge in [-0.2, -0.15) is 0 Å². The largest absolute Gasteiger partial charge is 0.493 e. The van der Waals surface area contributed by atoms with Crippen LogP contribution in [0.25, 0.3) is 11.0 Å². The summed E-state index contributed by atoms with van der Waals surface area (Å²) in [6.07, 6.45) is 3.76. The lowest BCUT2D eigenvalue weighted by atomic mass is 9.58. The van der Waals surface area contributed by atoms with Crippen molar-refractivity contribution in [1.82, 2.24) is 0 Å². The van der Waals surface area contributed by atoms with E-state index < -0.39 is 11.6 Å². The van der Waals surface area contributed by atoms with Crippen LogP contribution < -0.4 is 10.4 Å². The number of carboxylic acid groups (broad SMARTS) is 1. The van der Waals surface area contributed by atoms with Crippen molar-refractivity contribution in [2.45, 2.75) is 40.0 Å². The van der Waals surface area contributed by atoms with Crippen LogP contribution in [0.1, 0.15) is 40.0 Å². The maximum absolute atomic E-state index is 11.5. The van der Waals surface area contributed by atoms with E-state index in [-0.39, 0.29) is 23.7 Å². The number of rotatable bonds is 7. The van der Waals surface area contributed by atoms with Crippen LogP contribution in [-0.4, -0.2) is 17.7 Å². The minimum atomic E-state index is -0.789. The van der Waals surface area contributed by atoms with Gasteiger partial charge in [0.05, 0.1) is 6.61 Å². The number of carbonyl (C=O) groups is 1. The number of fused-ring (bicyclic) bond motifs is 1. The molecular formula is C24H28O5.